The normalized spacial score (nSPS) is 19.6. The SMILES string of the molecule is CC(C)(C)C1CCc2cc(F)ccc2N1C(=O)O. The molecule has 0 bridgehead atoms. The van der Waals surface area contributed by atoms with Crippen LogP contribution < -0.4 is 4.90 Å². The Morgan fingerprint density at radius 3 is 2.67 bits per heavy atom. The molecule has 1 N–H and O–H groups in total. The molecule has 0 saturated carbocycles. The third kappa shape index (κ3) is 2.19. The molecule has 1 heterocycles. The van der Waals surface area contributed by atoms with Crippen molar-refractivity contribution in [2.75, 3.05) is 4.90 Å². The van der Waals surface area contributed by atoms with E-state index in [9.17, 15) is 14.3 Å². The van der Waals surface area contributed by atoms with E-state index in [2.05, 4.69) is 0 Å². The molecule has 3 nitrogen and oxygen atoms in total. The monoisotopic (exact) mass is 251 g/mol. The molecule has 18 heavy (non-hydrogen) atoms. The first kappa shape index (κ1) is 12.9. The number of carboxylic acid groups (broad SMARTS) is 1. The number of rotatable bonds is 0. The van der Waals surface area contributed by atoms with Crippen LogP contribution in [0.15, 0.2) is 18.2 Å². The summed E-state index contributed by atoms with van der Waals surface area (Å²) in [5, 5.41) is 9.42. The lowest BCUT2D eigenvalue weighted by Crippen LogP contribution is -2.49. The highest BCUT2D eigenvalue weighted by Crippen LogP contribution is 2.38. The predicted molar refractivity (Wildman–Crippen MR) is 68.5 cm³/mol. The molecular formula is C14H18FNO2. The maximum atomic E-state index is 13.2. The first-order chi connectivity index (χ1) is 8.30. The van der Waals surface area contributed by atoms with Crippen LogP contribution in [0.25, 0.3) is 0 Å². The van der Waals surface area contributed by atoms with E-state index in [0.717, 1.165) is 18.4 Å². The molecule has 98 valence electrons. The molecule has 1 amide bonds. The van der Waals surface area contributed by atoms with Crippen LogP contribution in [-0.2, 0) is 6.42 Å². The first-order valence-corrected chi connectivity index (χ1v) is 6.11. The van der Waals surface area contributed by atoms with Crippen molar-refractivity contribution in [3.63, 3.8) is 0 Å². The summed E-state index contributed by atoms with van der Waals surface area (Å²) in [6.07, 6.45) is 0.480. The Morgan fingerprint density at radius 2 is 2.11 bits per heavy atom. The van der Waals surface area contributed by atoms with Crippen LogP contribution in [0, 0.1) is 11.2 Å². The maximum Gasteiger partial charge on any atom is 0.412 e. The van der Waals surface area contributed by atoms with Gasteiger partial charge in [-0.1, -0.05) is 20.8 Å². The van der Waals surface area contributed by atoms with E-state index in [0.29, 0.717) is 5.69 Å². The summed E-state index contributed by atoms with van der Waals surface area (Å²) in [6, 6.07) is 4.24. The van der Waals surface area contributed by atoms with E-state index in [4.69, 9.17) is 0 Å². The number of benzene rings is 1. The molecule has 1 aromatic carbocycles. The van der Waals surface area contributed by atoms with Gasteiger partial charge in [-0.2, -0.15) is 0 Å². The van der Waals surface area contributed by atoms with Gasteiger partial charge in [-0.15, -0.1) is 0 Å². The molecule has 4 heteroatoms. The summed E-state index contributed by atoms with van der Waals surface area (Å²) in [5.41, 5.74) is 1.26. The lowest BCUT2D eigenvalue weighted by Gasteiger charge is -2.42. The van der Waals surface area contributed by atoms with Crippen LogP contribution >= 0.6 is 0 Å². The summed E-state index contributed by atoms with van der Waals surface area (Å²) in [6.45, 7) is 6.09. The molecule has 0 aliphatic carbocycles. The van der Waals surface area contributed by atoms with Crippen molar-refractivity contribution in [1.82, 2.24) is 0 Å². The first-order valence-electron chi connectivity index (χ1n) is 6.11. The standard InChI is InChI=1S/C14H18FNO2/c1-14(2,3)12-7-4-9-8-10(15)5-6-11(9)16(12)13(17)18/h5-6,8,12H,4,7H2,1-3H3,(H,17,18). The van der Waals surface area contributed by atoms with Gasteiger partial charge in [-0.25, -0.2) is 9.18 Å². The second-order valence-corrected chi connectivity index (χ2v) is 5.85. The van der Waals surface area contributed by atoms with Gasteiger partial charge in [0.1, 0.15) is 5.82 Å². The van der Waals surface area contributed by atoms with E-state index >= 15 is 0 Å². The van der Waals surface area contributed by atoms with Crippen molar-refractivity contribution >= 4 is 11.8 Å². The predicted octanol–water partition coefficient (Wildman–Crippen LogP) is 3.67. The fourth-order valence-electron chi connectivity index (χ4n) is 2.64. The van der Waals surface area contributed by atoms with Crippen LogP contribution in [0.1, 0.15) is 32.8 Å². The van der Waals surface area contributed by atoms with Crippen LogP contribution in [0.5, 0.6) is 0 Å². The smallest absolute Gasteiger partial charge is 0.412 e. The average Bonchev–Trinajstić information content (AvgIpc) is 2.25. The number of hydrogen-bond acceptors (Lipinski definition) is 1. The van der Waals surface area contributed by atoms with Crippen LogP contribution in [0.3, 0.4) is 0 Å². The molecule has 0 saturated heterocycles. The average molecular weight is 251 g/mol. The lowest BCUT2D eigenvalue weighted by molar-refractivity contribution is 0.185. The number of halogens is 1. The highest BCUT2D eigenvalue weighted by molar-refractivity contribution is 5.88. The second-order valence-electron chi connectivity index (χ2n) is 5.85. The van der Waals surface area contributed by atoms with Gasteiger partial charge in [0, 0.05) is 6.04 Å². The largest absolute Gasteiger partial charge is 0.465 e. The molecule has 1 unspecified atom stereocenters. The number of anilines is 1. The molecule has 1 aliphatic heterocycles. The molecule has 1 aromatic rings. The number of nitrogens with zero attached hydrogens (tertiary/aromatic N) is 1. The summed E-state index contributed by atoms with van der Waals surface area (Å²) >= 11 is 0. The summed E-state index contributed by atoms with van der Waals surface area (Å²) in [4.78, 5) is 12.9. The maximum absolute atomic E-state index is 13.2. The molecule has 0 spiro atoms. The lowest BCUT2D eigenvalue weighted by atomic mass is 9.79. The Hall–Kier alpha value is -1.58. The van der Waals surface area contributed by atoms with Crippen molar-refractivity contribution in [2.45, 2.75) is 39.7 Å². The van der Waals surface area contributed by atoms with Crippen molar-refractivity contribution < 1.29 is 14.3 Å². The number of aryl methyl sites for hydroxylation is 1. The van der Waals surface area contributed by atoms with Crippen molar-refractivity contribution in [2.24, 2.45) is 5.41 Å². The second kappa shape index (κ2) is 4.26. The Kier molecular flexibility index (Phi) is 3.05. The molecule has 0 radical (unpaired) electrons. The highest BCUT2D eigenvalue weighted by atomic mass is 19.1. The van der Waals surface area contributed by atoms with Crippen LogP contribution in [0.4, 0.5) is 14.9 Å². The van der Waals surface area contributed by atoms with Gasteiger partial charge in [0.05, 0.1) is 5.69 Å². The van der Waals surface area contributed by atoms with Gasteiger partial charge < -0.3 is 5.11 Å². The zero-order valence-electron chi connectivity index (χ0n) is 10.9. The highest BCUT2D eigenvalue weighted by Gasteiger charge is 2.38. The van der Waals surface area contributed by atoms with Gasteiger partial charge in [0.15, 0.2) is 0 Å². The van der Waals surface area contributed by atoms with Gasteiger partial charge in [0.25, 0.3) is 0 Å². The van der Waals surface area contributed by atoms with Gasteiger partial charge >= 0.3 is 6.09 Å². The quantitative estimate of drug-likeness (QED) is 0.764. The minimum absolute atomic E-state index is 0.0760. The van der Waals surface area contributed by atoms with Crippen molar-refractivity contribution in [1.29, 1.82) is 0 Å². The Morgan fingerprint density at radius 1 is 1.44 bits per heavy atom. The van der Waals surface area contributed by atoms with E-state index in [1.54, 1.807) is 6.07 Å². The van der Waals surface area contributed by atoms with Crippen molar-refractivity contribution in [3.8, 4) is 0 Å². The van der Waals surface area contributed by atoms with E-state index in [1.807, 2.05) is 20.8 Å². The third-order valence-electron chi connectivity index (χ3n) is 3.51. The molecule has 1 aliphatic rings. The van der Waals surface area contributed by atoms with E-state index < -0.39 is 6.09 Å². The summed E-state index contributed by atoms with van der Waals surface area (Å²) in [5.74, 6) is -0.312. The van der Waals surface area contributed by atoms with E-state index in [-0.39, 0.29) is 17.3 Å². The van der Waals surface area contributed by atoms with Crippen molar-refractivity contribution in [3.05, 3.63) is 29.6 Å². The molecule has 0 aromatic heterocycles. The third-order valence-corrected chi connectivity index (χ3v) is 3.51. The fraction of sp³-hybridized carbons (Fsp3) is 0.500. The van der Waals surface area contributed by atoms with Gasteiger partial charge in [-0.05, 0) is 42.0 Å². The number of carbonyl (C=O) groups is 1. The minimum atomic E-state index is -0.970. The molecule has 2 rings (SSSR count). The fourth-order valence-corrected chi connectivity index (χ4v) is 2.64. The minimum Gasteiger partial charge on any atom is -0.465 e. The van der Waals surface area contributed by atoms with Gasteiger partial charge in [-0.3, -0.25) is 4.90 Å². The molecule has 1 atom stereocenters. The van der Waals surface area contributed by atoms with Crippen LogP contribution in [0.2, 0.25) is 0 Å². The molecule has 0 fully saturated rings. The van der Waals surface area contributed by atoms with Crippen LogP contribution in [-0.4, -0.2) is 17.2 Å². The zero-order valence-corrected chi connectivity index (χ0v) is 10.9. The van der Waals surface area contributed by atoms with E-state index in [1.165, 1.54) is 17.0 Å². The number of fused-ring (bicyclic) bond motifs is 1. The number of amides is 1. The summed E-state index contributed by atoms with van der Waals surface area (Å²) < 4.78 is 13.2. The Balaban J connectivity index is 2.49. The molecular weight excluding hydrogens is 233 g/mol. The summed E-state index contributed by atoms with van der Waals surface area (Å²) in [7, 11) is 0. The Bertz CT molecular complexity index is 479. The topological polar surface area (TPSA) is 40.5 Å². The number of hydrogen-bond donors (Lipinski definition) is 1. The Labute approximate surface area is 106 Å². The zero-order chi connectivity index (χ0) is 13.5. The van der Waals surface area contributed by atoms with Gasteiger partial charge in [0.2, 0.25) is 0 Å².